The number of carbonyl (C=O) groups is 1. The van der Waals surface area contributed by atoms with E-state index in [-0.39, 0.29) is 5.91 Å². The molecule has 0 fully saturated rings. The molecule has 0 aliphatic carbocycles. The van der Waals surface area contributed by atoms with Crippen molar-refractivity contribution in [2.24, 2.45) is 0 Å². The van der Waals surface area contributed by atoms with E-state index < -0.39 is 6.10 Å². The first-order valence-corrected chi connectivity index (χ1v) is 8.10. The number of ether oxygens (including phenoxy) is 1. The normalized spacial score (nSPS) is 11.8. The van der Waals surface area contributed by atoms with Crippen LogP contribution in [0.3, 0.4) is 0 Å². The van der Waals surface area contributed by atoms with Crippen LogP contribution in [-0.2, 0) is 11.3 Å². The maximum Gasteiger partial charge on any atom is 0.263 e. The van der Waals surface area contributed by atoms with Crippen LogP contribution in [0.25, 0.3) is 0 Å². The molecule has 2 rings (SSSR count). The lowest BCUT2D eigenvalue weighted by Gasteiger charge is -2.24. The molecule has 0 aliphatic heterocycles. The fourth-order valence-corrected chi connectivity index (χ4v) is 2.46. The van der Waals surface area contributed by atoms with Crippen LogP contribution >= 0.6 is 11.6 Å². The zero-order valence-electron chi connectivity index (χ0n) is 13.8. The third-order valence-corrected chi connectivity index (χ3v) is 3.97. The summed E-state index contributed by atoms with van der Waals surface area (Å²) in [5.74, 6) is 0.735. The smallest absolute Gasteiger partial charge is 0.263 e. The van der Waals surface area contributed by atoms with Crippen LogP contribution in [0.1, 0.15) is 24.5 Å². The average molecular weight is 332 g/mol. The number of carbonyl (C=O) groups excluding carboxylic acids is 1. The lowest BCUT2D eigenvalue weighted by atomic mass is 10.2. The van der Waals surface area contributed by atoms with E-state index in [2.05, 4.69) is 0 Å². The van der Waals surface area contributed by atoms with Gasteiger partial charge < -0.3 is 9.64 Å². The monoisotopic (exact) mass is 331 g/mol. The van der Waals surface area contributed by atoms with Crippen molar-refractivity contribution in [1.82, 2.24) is 4.90 Å². The van der Waals surface area contributed by atoms with Crippen LogP contribution in [0.2, 0.25) is 5.02 Å². The molecule has 0 spiro atoms. The van der Waals surface area contributed by atoms with Crippen LogP contribution in [0.15, 0.2) is 48.5 Å². The van der Waals surface area contributed by atoms with Gasteiger partial charge in [-0.1, -0.05) is 48.9 Å². The highest BCUT2D eigenvalue weighted by Gasteiger charge is 2.22. The van der Waals surface area contributed by atoms with Gasteiger partial charge in [-0.3, -0.25) is 4.79 Å². The van der Waals surface area contributed by atoms with E-state index in [0.717, 1.165) is 16.9 Å². The summed E-state index contributed by atoms with van der Waals surface area (Å²) in [4.78, 5) is 14.3. The molecule has 0 saturated heterocycles. The zero-order chi connectivity index (χ0) is 16.8. The average Bonchev–Trinajstić information content (AvgIpc) is 2.55. The highest BCUT2D eigenvalue weighted by molar-refractivity contribution is 6.30. The third kappa shape index (κ3) is 4.73. The fourth-order valence-electron chi connectivity index (χ4n) is 2.34. The van der Waals surface area contributed by atoms with Gasteiger partial charge in [0.15, 0.2) is 6.10 Å². The van der Waals surface area contributed by atoms with Gasteiger partial charge in [-0.05, 0) is 42.7 Å². The second-order valence-corrected chi connectivity index (χ2v) is 6.04. The Kier molecular flexibility index (Phi) is 6.05. The maximum absolute atomic E-state index is 12.6. The Morgan fingerprint density at radius 2 is 1.83 bits per heavy atom. The highest BCUT2D eigenvalue weighted by atomic mass is 35.5. The minimum atomic E-state index is -0.478. The molecule has 4 heteroatoms. The first-order valence-electron chi connectivity index (χ1n) is 7.73. The predicted molar refractivity (Wildman–Crippen MR) is 93.8 cm³/mol. The number of hydrogen-bond acceptors (Lipinski definition) is 2. The predicted octanol–water partition coefficient (Wildman–Crippen LogP) is 4.46. The second kappa shape index (κ2) is 8.02. The zero-order valence-corrected chi connectivity index (χ0v) is 14.5. The van der Waals surface area contributed by atoms with Crippen molar-refractivity contribution in [3.05, 3.63) is 64.7 Å². The largest absolute Gasteiger partial charge is 0.480 e. The van der Waals surface area contributed by atoms with Gasteiger partial charge in [0.05, 0.1) is 0 Å². The molecule has 0 aromatic heterocycles. The van der Waals surface area contributed by atoms with Gasteiger partial charge >= 0.3 is 0 Å². The van der Waals surface area contributed by atoms with E-state index in [1.165, 1.54) is 0 Å². The molecule has 0 unspecified atom stereocenters. The molecule has 0 radical (unpaired) electrons. The van der Waals surface area contributed by atoms with E-state index in [1.807, 2.05) is 62.4 Å². The van der Waals surface area contributed by atoms with E-state index >= 15 is 0 Å². The van der Waals surface area contributed by atoms with Crippen LogP contribution in [-0.4, -0.2) is 24.0 Å². The first-order chi connectivity index (χ1) is 11.0. The Labute approximate surface area is 142 Å². The van der Waals surface area contributed by atoms with Crippen molar-refractivity contribution >= 4 is 17.5 Å². The fraction of sp³-hybridized carbons (Fsp3) is 0.316. The number of halogens is 1. The summed E-state index contributed by atoms with van der Waals surface area (Å²) >= 11 is 5.89. The van der Waals surface area contributed by atoms with Gasteiger partial charge in [-0.2, -0.15) is 0 Å². The van der Waals surface area contributed by atoms with Crippen molar-refractivity contribution < 1.29 is 9.53 Å². The molecule has 1 atom stereocenters. The number of amides is 1. The Morgan fingerprint density at radius 1 is 1.17 bits per heavy atom. The number of rotatable bonds is 6. The van der Waals surface area contributed by atoms with Gasteiger partial charge in [0.1, 0.15) is 5.75 Å². The van der Waals surface area contributed by atoms with Crippen molar-refractivity contribution in [3.63, 3.8) is 0 Å². The Balaban J connectivity index is 2.03. The Bertz CT molecular complexity index is 655. The lowest BCUT2D eigenvalue weighted by Crippen LogP contribution is -2.39. The van der Waals surface area contributed by atoms with Crippen molar-refractivity contribution in [1.29, 1.82) is 0 Å². The van der Waals surface area contributed by atoms with Gasteiger partial charge in [0.2, 0.25) is 0 Å². The molecule has 0 heterocycles. The highest BCUT2D eigenvalue weighted by Crippen LogP contribution is 2.20. The molecule has 2 aromatic rings. The van der Waals surface area contributed by atoms with Gasteiger partial charge in [-0.15, -0.1) is 0 Å². The molecule has 2 aromatic carbocycles. The van der Waals surface area contributed by atoms with Crippen LogP contribution < -0.4 is 4.74 Å². The minimum absolute atomic E-state index is 0.0225. The number of para-hydroxylation sites is 1. The molecule has 23 heavy (non-hydrogen) atoms. The summed E-state index contributed by atoms with van der Waals surface area (Å²) in [6, 6.07) is 15.3. The van der Waals surface area contributed by atoms with E-state index in [0.29, 0.717) is 18.0 Å². The molecule has 0 saturated carbocycles. The SMILES string of the molecule is CC[C@H](Oc1ccccc1C)C(=O)N(C)Cc1ccc(Cl)cc1. The molecule has 1 amide bonds. The second-order valence-electron chi connectivity index (χ2n) is 5.60. The summed E-state index contributed by atoms with van der Waals surface area (Å²) in [6.07, 6.45) is 0.145. The number of hydrogen-bond donors (Lipinski definition) is 0. The summed E-state index contributed by atoms with van der Waals surface area (Å²) in [5.41, 5.74) is 2.06. The van der Waals surface area contributed by atoms with E-state index in [4.69, 9.17) is 16.3 Å². The summed E-state index contributed by atoms with van der Waals surface area (Å²) < 4.78 is 5.92. The molecule has 0 bridgehead atoms. The van der Waals surface area contributed by atoms with Crippen LogP contribution in [0.4, 0.5) is 0 Å². The van der Waals surface area contributed by atoms with Crippen molar-refractivity contribution in [2.45, 2.75) is 32.9 Å². The summed E-state index contributed by atoms with van der Waals surface area (Å²) in [6.45, 7) is 4.46. The molecular weight excluding hydrogens is 310 g/mol. The van der Waals surface area contributed by atoms with E-state index in [9.17, 15) is 4.79 Å². The van der Waals surface area contributed by atoms with Crippen molar-refractivity contribution in [2.75, 3.05) is 7.05 Å². The van der Waals surface area contributed by atoms with Crippen LogP contribution in [0, 0.1) is 6.92 Å². The number of aryl methyl sites for hydroxylation is 1. The van der Waals surface area contributed by atoms with Gasteiger partial charge in [0.25, 0.3) is 5.91 Å². The Morgan fingerprint density at radius 3 is 2.43 bits per heavy atom. The molecular formula is C19H22ClNO2. The van der Waals surface area contributed by atoms with Crippen molar-refractivity contribution in [3.8, 4) is 5.75 Å². The lowest BCUT2D eigenvalue weighted by molar-refractivity contribution is -0.138. The third-order valence-electron chi connectivity index (χ3n) is 3.72. The topological polar surface area (TPSA) is 29.5 Å². The summed E-state index contributed by atoms with van der Waals surface area (Å²) in [7, 11) is 1.79. The number of benzene rings is 2. The quantitative estimate of drug-likeness (QED) is 0.782. The molecule has 0 N–H and O–H groups in total. The molecule has 122 valence electrons. The minimum Gasteiger partial charge on any atom is -0.480 e. The maximum atomic E-state index is 12.6. The number of likely N-dealkylation sites (N-methyl/N-ethyl adjacent to an activating group) is 1. The van der Waals surface area contributed by atoms with Crippen LogP contribution in [0.5, 0.6) is 5.75 Å². The molecule has 0 aliphatic rings. The Hall–Kier alpha value is -2.00. The first kappa shape index (κ1) is 17.4. The summed E-state index contributed by atoms with van der Waals surface area (Å²) in [5, 5.41) is 0.692. The van der Waals surface area contributed by atoms with Gasteiger partial charge in [0, 0.05) is 18.6 Å². The number of nitrogens with zero attached hydrogens (tertiary/aromatic N) is 1. The molecule has 3 nitrogen and oxygen atoms in total. The van der Waals surface area contributed by atoms with E-state index in [1.54, 1.807) is 11.9 Å². The van der Waals surface area contributed by atoms with Gasteiger partial charge in [-0.25, -0.2) is 0 Å². The standard InChI is InChI=1S/C19H22ClNO2/c1-4-17(23-18-8-6-5-7-14(18)2)19(22)21(3)13-15-9-11-16(20)12-10-15/h5-12,17H,4,13H2,1-3H3/t17-/m0/s1.